The first-order chi connectivity index (χ1) is 6.54. The highest BCUT2D eigenvalue weighted by molar-refractivity contribution is 5.57. The Morgan fingerprint density at radius 2 is 2.07 bits per heavy atom. The molecule has 0 aromatic carbocycles. The molecule has 0 spiro atoms. The van der Waals surface area contributed by atoms with Crippen molar-refractivity contribution < 1.29 is 4.92 Å². The summed E-state index contributed by atoms with van der Waals surface area (Å²) in [7, 11) is 0. The summed E-state index contributed by atoms with van der Waals surface area (Å²) in [6.07, 6.45) is 4.25. The van der Waals surface area contributed by atoms with Gasteiger partial charge in [0.05, 0.1) is 4.92 Å². The van der Waals surface area contributed by atoms with Crippen molar-refractivity contribution in [3.8, 4) is 0 Å². The summed E-state index contributed by atoms with van der Waals surface area (Å²) in [4.78, 5) is 14.2. The van der Waals surface area contributed by atoms with Gasteiger partial charge in [0, 0.05) is 12.3 Å². The Balaban J connectivity index is 5.38. The fourth-order valence-electron chi connectivity index (χ4n) is 0.918. The fraction of sp³-hybridized carbons (Fsp3) is 0.300. The van der Waals surface area contributed by atoms with Gasteiger partial charge in [-0.2, -0.15) is 0 Å². The minimum Gasteiger partial charge on any atom is -0.258 e. The molecule has 0 N–H and O–H groups in total. The van der Waals surface area contributed by atoms with Crippen LogP contribution in [0.1, 0.15) is 20.8 Å². The second-order valence-electron chi connectivity index (χ2n) is 2.78. The van der Waals surface area contributed by atoms with E-state index < -0.39 is 4.92 Å². The molecule has 0 rings (SSSR count). The van der Waals surface area contributed by atoms with E-state index in [4.69, 9.17) is 0 Å². The second-order valence-corrected chi connectivity index (χ2v) is 2.78. The Labute approximate surface area is 83.5 Å². The van der Waals surface area contributed by atoms with Crippen molar-refractivity contribution in [2.75, 3.05) is 0 Å². The van der Waals surface area contributed by atoms with Crippen LogP contribution < -0.4 is 0 Å². The number of allylic oxidation sites excluding steroid dienone is 3. The van der Waals surface area contributed by atoms with E-state index in [2.05, 4.69) is 11.6 Å². The van der Waals surface area contributed by atoms with Gasteiger partial charge in [0.15, 0.2) is 0 Å². The predicted octanol–water partition coefficient (Wildman–Crippen LogP) is 2.72. The van der Waals surface area contributed by atoms with Crippen LogP contribution in [0.2, 0.25) is 0 Å². The molecule has 0 aromatic heterocycles. The van der Waals surface area contributed by atoms with Gasteiger partial charge in [-0.05, 0) is 26.3 Å². The molecule has 4 nitrogen and oxygen atoms in total. The molecule has 0 saturated carbocycles. The molecule has 0 bridgehead atoms. The predicted molar refractivity (Wildman–Crippen MR) is 57.8 cm³/mol. The van der Waals surface area contributed by atoms with Crippen molar-refractivity contribution >= 4 is 6.21 Å². The van der Waals surface area contributed by atoms with Gasteiger partial charge in [0.2, 0.25) is 0 Å². The summed E-state index contributed by atoms with van der Waals surface area (Å²) in [6, 6.07) is 0. The molecular formula is C10H14N2O2. The number of aliphatic imine (C=N–C) groups is 1. The van der Waals surface area contributed by atoms with Crippen molar-refractivity contribution in [2.45, 2.75) is 20.8 Å². The summed E-state index contributed by atoms with van der Waals surface area (Å²) < 4.78 is 0. The Morgan fingerprint density at radius 3 is 2.36 bits per heavy atom. The zero-order chi connectivity index (χ0) is 11.1. The lowest BCUT2D eigenvalue weighted by molar-refractivity contribution is -0.420. The molecule has 0 heterocycles. The normalized spacial score (nSPS) is 11.5. The monoisotopic (exact) mass is 194 g/mol. The number of rotatable bonds is 4. The number of hydrogen-bond acceptors (Lipinski definition) is 3. The van der Waals surface area contributed by atoms with Gasteiger partial charge in [-0.3, -0.25) is 15.1 Å². The minimum atomic E-state index is -0.461. The molecule has 0 unspecified atom stereocenters. The second kappa shape index (κ2) is 5.85. The molecule has 0 aromatic rings. The smallest absolute Gasteiger partial charge is 0.258 e. The SMILES string of the molecule is C=C/C=C(\C(N=CC)=C(C)C)[N+](=O)[O-]. The number of hydrogen-bond donors (Lipinski definition) is 0. The van der Waals surface area contributed by atoms with E-state index in [1.807, 2.05) is 0 Å². The Kier molecular flexibility index (Phi) is 5.14. The molecule has 76 valence electrons. The van der Waals surface area contributed by atoms with Gasteiger partial charge >= 0.3 is 0 Å². The molecule has 0 saturated heterocycles. The number of nitrogens with zero attached hydrogens (tertiary/aromatic N) is 2. The highest BCUT2D eigenvalue weighted by Gasteiger charge is 2.16. The minimum absolute atomic E-state index is 0.0295. The van der Waals surface area contributed by atoms with Crippen LogP contribution in [-0.2, 0) is 0 Å². The van der Waals surface area contributed by atoms with Crippen LogP contribution in [0.5, 0.6) is 0 Å². The van der Waals surface area contributed by atoms with Gasteiger partial charge in [-0.25, -0.2) is 0 Å². The zero-order valence-electron chi connectivity index (χ0n) is 8.65. The van der Waals surface area contributed by atoms with Gasteiger partial charge in [0.25, 0.3) is 5.70 Å². The van der Waals surface area contributed by atoms with Crippen LogP contribution in [0.25, 0.3) is 0 Å². The van der Waals surface area contributed by atoms with Crippen LogP contribution in [0.3, 0.4) is 0 Å². The molecule has 0 atom stereocenters. The lowest BCUT2D eigenvalue weighted by Crippen LogP contribution is -2.02. The van der Waals surface area contributed by atoms with Crippen molar-refractivity contribution in [3.63, 3.8) is 0 Å². The summed E-state index contributed by atoms with van der Waals surface area (Å²) >= 11 is 0. The molecule has 4 heteroatoms. The van der Waals surface area contributed by atoms with E-state index >= 15 is 0 Å². The first-order valence-electron chi connectivity index (χ1n) is 4.18. The number of nitro groups is 1. The Bertz CT molecular complexity index is 321. The average molecular weight is 194 g/mol. The molecule has 0 aliphatic heterocycles. The van der Waals surface area contributed by atoms with Gasteiger partial charge in [-0.15, -0.1) is 0 Å². The average Bonchev–Trinajstić information content (AvgIpc) is 2.10. The third-order valence-corrected chi connectivity index (χ3v) is 1.45. The topological polar surface area (TPSA) is 55.5 Å². The maximum atomic E-state index is 10.7. The first-order valence-corrected chi connectivity index (χ1v) is 4.18. The molecular weight excluding hydrogens is 180 g/mol. The van der Waals surface area contributed by atoms with E-state index in [0.717, 1.165) is 5.57 Å². The highest BCUT2D eigenvalue weighted by atomic mass is 16.6. The van der Waals surface area contributed by atoms with Crippen LogP contribution in [0.4, 0.5) is 0 Å². The van der Waals surface area contributed by atoms with Gasteiger partial charge in [0.1, 0.15) is 5.70 Å². The summed E-state index contributed by atoms with van der Waals surface area (Å²) in [5, 5.41) is 10.7. The van der Waals surface area contributed by atoms with Crippen LogP contribution >= 0.6 is 0 Å². The summed E-state index contributed by atoms with van der Waals surface area (Å²) in [6.45, 7) is 8.71. The van der Waals surface area contributed by atoms with Crippen LogP contribution in [-0.4, -0.2) is 11.1 Å². The summed E-state index contributed by atoms with van der Waals surface area (Å²) in [5.74, 6) is 0. The van der Waals surface area contributed by atoms with E-state index in [0.29, 0.717) is 5.70 Å². The van der Waals surface area contributed by atoms with E-state index in [1.54, 1.807) is 20.8 Å². The Hall–Kier alpha value is -1.71. The quantitative estimate of drug-likeness (QED) is 0.299. The van der Waals surface area contributed by atoms with Crippen LogP contribution in [0.15, 0.2) is 40.7 Å². The van der Waals surface area contributed by atoms with Crippen molar-refractivity contribution in [3.05, 3.63) is 45.8 Å². The highest BCUT2D eigenvalue weighted by Crippen LogP contribution is 2.16. The third-order valence-electron chi connectivity index (χ3n) is 1.45. The fourth-order valence-corrected chi connectivity index (χ4v) is 0.918. The molecule has 0 aliphatic rings. The lowest BCUT2D eigenvalue weighted by Gasteiger charge is -2.00. The maximum absolute atomic E-state index is 10.7. The Morgan fingerprint density at radius 1 is 1.50 bits per heavy atom. The van der Waals surface area contributed by atoms with Gasteiger partial charge in [-0.1, -0.05) is 12.7 Å². The summed E-state index contributed by atoms with van der Waals surface area (Å²) in [5.41, 5.74) is 1.16. The molecule has 0 fully saturated rings. The van der Waals surface area contributed by atoms with Crippen molar-refractivity contribution in [1.29, 1.82) is 0 Å². The standard InChI is InChI=1S/C10H14N2O2/c1-5-7-9(12(13)14)10(8(3)4)11-6-2/h5-7H,1H2,2-4H3/b9-7+,11-6?. The molecule has 0 radical (unpaired) electrons. The zero-order valence-corrected chi connectivity index (χ0v) is 8.65. The van der Waals surface area contributed by atoms with Crippen molar-refractivity contribution in [2.24, 2.45) is 4.99 Å². The molecule has 0 aliphatic carbocycles. The molecule has 0 amide bonds. The third kappa shape index (κ3) is 3.35. The van der Waals surface area contributed by atoms with E-state index in [9.17, 15) is 10.1 Å². The maximum Gasteiger partial charge on any atom is 0.294 e. The first kappa shape index (κ1) is 12.3. The van der Waals surface area contributed by atoms with Gasteiger partial charge < -0.3 is 0 Å². The molecule has 14 heavy (non-hydrogen) atoms. The van der Waals surface area contributed by atoms with E-state index in [-0.39, 0.29) is 5.70 Å². The lowest BCUT2D eigenvalue weighted by atomic mass is 10.2. The van der Waals surface area contributed by atoms with E-state index in [1.165, 1.54) is 18.4 Å². The largest absolute Gasteiger partial charge is 0.294 e. The van der Waals surface area contributed by atoms with Crippen LogP contribution in [0, 0.1) is 10.1 Å². The van der Waals surface area contributed by atoms with Crippen molar-refractivity contribution in [1.82, 2.24) is 0 Å².